The number of fused-ring (bicyclic) bond motifs is 1. The molecular formula is C20H28N4O2. The molecule has 4 rings (SSSR count). The van der Waals surface area contributed by atoms with E-state index >= 15 is 0 Å². The van der Waals surface area contributed by atoms with E-state index in [4.69, 9.17) is 4.52 Å². The van der Waals surface area contributed by atoms with Crippen molar-refractivity contribution < 1.29 is 4.52 Å². The molecule has 0 saturated carbocycles. The minimum atomic E-state index is -0.0485. The summed E-state index contributed by atoms with van der Waals surface area (Å²) in [4.78, 5) is 14.5. The second-order valence-corrected chi connectivity index (χ2v) is 8.79. The maximum absolute atomic E-state index is 12.1. The summed E-state index contributed by atoms with van der Waals surface area (Å²) in [7, 11) is 0. The van der Waals surface area contributed by atoms with Crippen molar-refractivity contribution in [2.45, 2.75) is 65.0 Å². The van der Waals surface area contributed by atoms with E-state index in [0.29, 0.717) is 12.5 Å². The molecule has 2 aliphatic rings. The van der Waals surface area contributed by atoms with Gasteiger partial charge in [-0.25, -0.2) is 4.68 Å². The van der Waals surface area contributed by atoms with Crippen LogP contribution in [0.5, 0.6) is 0 Å². The summed E-state index contributed by atoms with van der Waals surface area (Å²) in [5.74, 6) is 1.57. The molecule has 0 atom stereocenters. The van der Waals surface area contributed by atoms with Gasteiger partial charge >= 0.3 is 0 Å². The lowest BCUT2D eigenvalue weighted by Crippen LogP contribution is -2.49. The van der Waals surface area contributed by atoms with Gasteiger partial charge < -0.3 is 4.52 Å². The third-order valence-electron chi connectivity index (χ3n) is 5.50. The second-order valence-electron chi connectivity index (χ2n) is 8.79. The standard InChI is InChI=1S/C20H28N4O2/c1-20(2,3)18-8-9-19(25)24(21-18)12-14-10-23(11-14)13-16-15-6-4-5-7-17(15)26-22-16/h8-9,14H,4-7,10-13H2,1-3H3. The number of hydrogen-bond acceptors (Lipinski definition) is 5. The molecule has 0 aromatic carbocycles. The number of rotatable bonds is 4. The highest BCUT2D eigenvalue weighted by atomic mass is 16.5. The van der Waals surface area contributed by atoms with Gasteiger partial charge in [0.15, 0.2) is 0 Å². The normalized spacial score (nSPS) is 18.6. The number of aryl methyl sites for hydroxylation is 1. The minimum Gasteiger partial charge on any atom is -0.361 e. The lowest BCUT2D eigenvalue weighted by atomic mass is 9.92. The summed E-state index contributed by atoms with van der Waals surface area (Å²) >= 11 is 0. The van der Waals surface area contributed by atoms with E-state index < -0.39 is 0 Å². The average molecular weight is 356 g/mol. The largest absolute Gasteiger partial charge is 0.361 e. The van der Waals surface area contributed by atoms with Gasteiger partial charge in [-0.3, -0.25) is 9.69 Å². The molecule has 0 unspecified atom stereocenters. The molecule has 0 radical (unpaired) electrons. The van der Waals surface area contributed by atoms with Crippen LogP contribution in [0.3, 0.4) is 0 Å². The van der Waals surface area contributed by atoms with Crippen LogP contribution in [0.4, 0.5) is 0 Å². The topological polar surface area (TPSA) is 64.2 Å². The number of aromatic nitrogens is 3. The molecule has 6 nitrogen and oxygen atoms in total. The predicted molar refractivity (Wildman–Crippen MR) is 99.1 cm³/mol. The summed E-state index contributed by atoms with van der Waals surface area (Å²) in [6.45, 7) is 9.87. The molecule has 6 heteroatoms. The highest BCUT2D eigenvalue weighted by Gasteiger charge is 2.30. The first-order valence-electron chi connectivity index (χ1n) is 9.67. The molecule has 0 amide bonds. The van der Waals surface area contributed by atoms with Crippen molar-refractivity contribution in [3.05, 3.63) is 45.2 Å². The molecule has 2 aromatic heterocycles. The Morgan fingerprint density at radius 1 is 1.19 bits per heavy atom. The Balaban J connectivity index is 1.36. The highest BCUT2D eigenvalue weighted by molar-refractivity contribution is 5.25. The molecule has 26 heavy (non-hydrogen) atoms. The van der Waals surface area contributed by atoms with Gasteiger partial charge in [-0.1, -0.05) is 25.9 Å². The molecule has 1 aliphatic heterocycles. The maximum atomic E-state index is 12.1. The van der Waals surface area contributed by atoms with Gasteiger partial charge in [-0.2, -0.15) is 5.10 Å². The van der Waals surface area contributed by atoms with Crippen molar-refractivity contribution in [2.75, 3.05) is 13.1 Å². The fraction of sp³-hybridized carbons (Fsp3) is 0.650. The van der Waals surface area contributed by atoms with Crippen LogP contribution >= 0.6 is 0 Å². The van der Waals surface area contributed by atoms with Crippen LogP contribution < -0.4 is 5.56 Å². The van der Waals surface area contributed by atoms with Crippen LogP contribution in [0.15, 0.2) is 21.5 Å². The monoisotopic (exact) mass is 356 g/mol. The van der Waals surface area contributed by atoms with Crippen molar-refractivity contribution in [1.82, 2.24) is 19.8 Å². The molecule has 0 bridgehead atoms. The zero-order valence-electron chi connectivity index (χ0n) is 16.0. The summed E-state index contributed by atoms with van der Waals surface area (Å²) in [6, 6.07) is 3.49. The van der Waals surface area contributed by atoms with Gasteiger partial charge in [0.2, 0.25) is 0 Å². The Labute approximate surface area is 154 Å². The highest BCUT2D eigenvalue weighted by Crippen LogP contribution is 2.27. The molecule has 1 saturated heterocycles. The molecule has 140 valence electrons. The molecule has 0 spiro atoms. The van der Waals surface area contributed by atoms with E-state index in [-0.39, 0.29) is 11.0 Å². The zero-order valence-corrected chi connectivity index (χ0v) is 16.0. The quantitative estimate of drug-likeness (QED) is 0.842. The minimum absolute atomic E-state index is 0.0120. The molecule has 2 aromatic rings. The molecule has 1 aliphatic carbocycles. The lowest BCUT2D eigenvalue weighted by molar-refractivity contribution is 0.0738. The Bertz CT molecular complexity index is 840. The van der Waals surface area contributed by atoms with E-state index in [1.165, 1.54) is 18.4 Å². The SMILES string of the molecule is CC(C)(C)c1ccc(=O)n(CC2CN(Cc3noc4c3CCCC4)C2)n1. The van der Waals surface area contributed by atoms with Gasteiger partial charge in [0.1, 0.15) is 11.5 Å². The van der Waals surface area contributed by atoms with Crippen molar-refractivity contribution >= 4 is 0 Å². The van der Waals surface area contributed by atoms with Crippen molar-refractivity contribution in [2.24, 2.45) is 5.92 Å². The van der Waals surface area contributed by atoms with Crippen LogP contribution in [-0.4, -0.2) is 32.9 Å². The van der Waals surface area contributed by atoms with Gasteiger partial charge in [0, 0.05) is 49.0 Å². The summed E-state index contributed by atoms with van der Waals surface area (Å²) in [6.07, 6.45) is 4.58. The number of hydrogen-bond donors (Lipinski definition) is 0. The molecular weight excluding hydrogens is 328 g/mol. The van der Waals surface area contributed by atoms with Crippen LogP contribution in [0.2, 0.25) is 0 Å². The first-order valence-corrected chi connectivity index (χ1v) is 9.67. The van der Waals surface area contributed by atoms with Crippen molar-refractivity contribution in [1.29, 1.82) is 0 Å². The first kappa shape index (κ1) is 17.5. The fourth-order valence-electron chi connectivity index (χ4n) is 3.93. The Morgan fingerprint density at radius 3 is 2.73 bits per heavy atom. The van der Waals surface area contributed by atoms with Gasteiger partial charge in [0.05, 0.1) is 12.2 Å². The van der Waals surface area contributed by atoms with Gasteiger partial charge in [-0.15, -0.1) is 0 Å². The third-order valence-corrected chi connectivity index (χ3v) is 5.50. The number of likely N-dealkylation sites (tertiary alicyclic amines) is 1. The maximum Gasteiger partial charge on any atom is 0.266 e. The van der Waals surface area contributed by atoms with E-state index in [2.05, 4.69) is 35.9 Å². The van der Waals surface area contributed by atoms with Crippen LogP contribution in [0.1, 0.15) is 56.3 Å². The van der Waals surface area contributed by atoms with Crippen LogP contribution in [0.25, 0.3) is 0 Å². The lowest BCUT2D eigenvalue weighted by Gasteiger charge is -2.39. The van der Waals surface area contributed by atoms with E-state index in [9.17, 15) is 4.79 Å². The first-order chi connectivity index (χ1) is 12.4. The average Bonchev–Trinajstić information content (AvgIpc) is 2.96. The summed E-state index contributed by atoms with van der Waals surface area (Å²) in [5.41, 5.74) is 3.36. The van der Waals surface area contributed by atoms with Crippen LogP contribution in [-0.2, 0) is 31.3 Å². The molecule has 1 fully saturated rings. The van der Waals surface area contributed by atoms with Crippen molar-refractivity contribution in [3.63, 3.8) is 0 Å². The van der Waals surface area contributed by atoms with Crippen molar-refractivity contribution in [3.8, 4) is 0 Å². The zero-order chi connectivity index (χ0) is 18.3. The smallest absolute Gasteiger partial charge is 0.266 e. The molecule has 0 N–H and O–H groups in total. The molecule has 3 heterocycles. The number of nitrogens with zero attached hydrogens (tertiary/aromatic N) is 4. The fourth-order valence-corrected chi connectivity index (χ4v) is 3.93. The Morgan fingerprint density at radius 2 is 1.96 bits per heavy atom. The van der Waals surface area contributed by atoms with E-state index in [1.54, 1.807) is 10.7 Å². The Hall–Kier alpha value is -1.95. The second kappa shape index (κ2) is 6.65. The predicted octanol–water partition coefficient (Wildman–Crippen LogP) is 2.54. The summed E-state index contributed by atoms with van der Waals surface area (Å²) < 4.78 is 7.15. The third kappa shape index (κ3) is 3.47. The van der Waals surface area contributed by atoms with E-state index in [0.717, 1.165) is 49.6 Å². The van der Waals surface area contributed by atoms with Crippen LogP contribution in [0, 0.1) is 5.92 Å². The van der Waals surface area contributed by atoms with Gasteiger partial charge in [0.25, 0.3) is 5.56 Å². The Kier molecular flexibility index (Phi) is 4.47. The summed E-state index contributed by atoms with van der Waals surface area (Å²) in [5, 5.41) is 8.88. The van der Waals surface area contributed by atoms with E-state index in [1.807, 2.05) is 6.07 Å². The van der Waals surface area contributed by atoms with Gasteiger partial charge in [-0.05, 0) is 25.3 Å².